The first-order chi connectivity index (χ1) is 22.2. The van der Waals surface area contributed by atoms with Crippen LogP contribution in [0.1, 0.15) is 24.8 Å². The van der Waals surface area contributed by atoms with E-state index in [1.54, 1.807) is 24.1 Å². The summed E-state index contributed by atoms with van der Waals surface area (Å²) >= 11 is 0.955. The molecule has 3 atom stereocenters. The van der Waals surface area contributed by atoms with Crippen LogP contribution in [0.3, 0.4) is 0 Å². The molecule has 2 aliphatic rings. The largest absolute Gasteiger partial charge is 0.462 e. The molecule has 4 aromatic rings. The summed E-state index contributed by atoms with van der Waals surface area (Å²) in [7, 11) is 5.48. The van der Waals surface area contributed by atoms with Gasteiger partial charge in [-0.1, -0.05) is 18.7 Å². The first-order valence-electron chi connectivity index (χ1n) is 15.1. The summed E-state index contributed by atoms with van der Waals surface area (Å²) in [5.41, 5.74) is 6.65. The molecule has 1 amide bonds. The van der Waals surface area contributed by atoms with Gasteiger partial charge in [-0.25, -0.2) is 8.78 Å². The summed E-state index contributed by atoms with van der Waals surface area (Å²) < 4.78 is 43.4. The van der Waals surface area contributed by atoms with Crippen LogP contribution in [0.15, 0.2) is 36.9 Å². The van der Waals surface area contributed by atoms with Gasteiger partial charge in [0.2, 0.25) is 5.91 Å². The van der Waals surface area contributed by atoms with Gasteiger partial charge in [0.1, 0.15) is 34.8 Å². The number of halogens is 2. The molecule has 2 aliphatic heterocycles. The third-order valence-corrected chi connectivity index (χ3v) is 10.2. The minimum absolute atomic E-state index is 0.0172. The number of ether oxygens (including phenoxy) is 2. The molecule has 2 aromatic carbocycles. The number of likely N-dealkylation sites (tertiary alicyclic amines) is 2. The lowest BCUT2D eigenvalue weighted by Gasteiger charge is -2.33. The number of likely N-dealkylation sites (N-methyl/N-ethyl adjacent to an activating group) is 2. The molecular formula is C33H35F2N7O3S. The highest BCUT2D eigenvalue weighted by Crippen LogP contribution is 2.43. The second kappa shape index (κ2) is 12.8. The number of rotatable bonds is 9. The number of fused-ring (bicyclic) bond motifs is 2. The molecule has 0 spiro atoms. The Morgan fingerprint density at radius 1 is 1.22 bits per heavy atom. The Kier molecular flexibility index (Phi) is 8.78. The van der Waals surface area contributed by atoms with E-state index >= 15 is 4.39 Å². The number of amides is 1. The van der Waals surface area contributed by atoms with Crippen LogP contribution in [0.25, 0.3) is 32.1 Å². The van der Waals surface area contributed by atoms with Gasteiger partial charge in [0.05, 0.1) is 29.0 Å². The van der Waals surface area contributed by atoms with Crippen LogP contribution in [0.4, 0.5) is 19.6 Å². The molecule has 10 nitrogen and oxygen atoms in total. The second-order valence-corrected chi connectivity index (χ2v) is 12.8. The highest BCUT2D eigenvalue weighted by Gasteiger charge is 2.39. The molecule has 46 heavy (non-hydrogen) atoms. The number of nitrogen functional groups attached to an aromatic ring is 1. The lowest BCUT2D eigenvalue weighted by atomic mass is 9.97. The summed E-state index contributed by atoms with van der Waals surface area (Å²) in [6.07, 6.45) is 3.94. The normalized spacial score (nSPS) is 20.0. The molecule has 0 aliphatic carbocycles. The van der Waals surface area contributed by atoms with E-state index in [1.165, 1.54) is 18.2 Å². The van der Waals surface area contributed by atoms with Crippen LogP contribution in [0, 0.1) is 23.0 Å². The number of methoxy groups -OCH3 is 1. The van der Waals surface area contributed by atoms with Gasteiger partial charge in [-0.3, -0.25) is 4.79 Å². The van der Waals surface area contributed by atoms with E-state index in [9.17, 15) is 14.4 Å². The molecule has 2 fully saturated rings. The summed E-state index contributed by atoms with van der Waals surface area (Å²) in [4.78, 5) is 27.9. The number of nitriles is 1. The quantitative estimate of drug-likeness (QED) is 0.252. The van der Waals surface area contributed by atoms with E-state index in [2.05, 4.69) is 16.5 Å². The van der Waals surface area contributed by atoms with Gasteiger partial charge in [0.15, 0.2) is 5.82 Å². The number of aromatic nitrogens is 2. The fourth-order valence-corrected chi connectivity index (χ4v) is 7.71. The third-order valence-electron chi connectivity index (χ3n) is 9.20. The van der Waals surface area contributed by atoms with E-state index in [0.717, 1.165) is 30.7 Å². The van der Waals surface area contributed by atoms with Crippen molar-refractivity contribution in [3.05, 3.63) is 54.1 Å². The smallest absolute Gasteiger partial charge is 0.319 e. The first-order valence-corrected chi connectivity index (χ1v) is 15.9. The van der Waals surface area contributed by atoms with Crippen LogP contribution in [0.2, 0.25) is 0 Å². The van der Waals surface area contributed by atoms with E-state index in [1.807, 2.05) is 25.1 Å². The standard InChI is InChI=1S/C33H35F2N7O3S/c1-5-26(43)42-14-12-24(25(42)17-44-4)41(3)32-21-9-8-20(19-10-11-23(34)30-27(19)22(15-36)31(37)46-30)28(35)29(21)38-33(39-32)45-16-18-7-6-13-40(18)2/h5,8-11,18,24-25H,1,6-7,12-14,16-17,37H2,2-4H3/t18-,24+,25?/m0/s1. The second-order valence-electron chi connectivity index (χ2n) is 11.7. The molecule has 0 bridgehead atoms. The van der Waals surface area contributed by atoms with Gasteiger partial charge in [0, 0.05) is 43.1 Å². The number of hydrogen-bond acceptors (Lipinski definition) is 10. The number of carbonyl (C=O) groups excluding carboxylic acids is 1. The van der Waals surface area contributed by atoms with Crippen molar-refractivity contribution in [3.63, 3.8) is 0 Å². The number of hydrogen-bond donors (Lipinski definition) is 1. The van der Waals surface area contributed by atoms with Crippen molar-refractivity contribution in [1.82, 2.24) is 19.8 Å². The topological polar surface area (TPSA) is 121 Å². The van der Waals surface area contributed by atoms with Crippen LogP contribution >= 0.6 is 11.3 Å². The van der Waals surface area contributed by atoms with Crippen LogP contribution in [0.5, 0.6) is 6.01 Å². The highest BCUT2D eigenvalue weighted by molar-refractivity contribution is 7.23. The summed E-state index contributed by atoms with van der Waals surface area (Å²) in [5.74, 6) is -0.960. The van der Waals surface area contributed by atoms with Crippen molar-refractivity contribution in [2.45, 2.75) is 37.4 Å². The Morgan fingerprint density at radius 3 is 2.70 bits per heavy atom. The summed E-state index contributed by atoms with van der Waals surface area (Å²) in [5, 5.41) is 10.7. The minimum atomic E-state index is -0.665. The number of nitrogens with two attached hydrogens (primary N) is 1. The zero-order valence-corrected chi connectivity index (χ0v) is 26.7. The molecule has 4 heterocycles. The number of benzene rings is 2. The molecule has 0 radical (unpaired) electrons. The molecule has 0 saturated carbocycles. The zero-order chi connectivity index (χ0) is 32.7. The van der Waals surface area contributed by atoms with Gasteiger partial charge in [-0.15, -0.1) is 11.3 Å². The fourth-order valence-electron chi connectivity index (χ4n) is 6.76. The molecule has 2 saturated heterocycles. The van der Waals surface area contributed by atoms with Crippen LogP contribution in [-0.2, 0) is 9.53 Å². The monoisotopic (exact) mass is 647 g/mol. The molecular weight excluding hydrogens is 612 g/mol. The molecule has 13 heteroatoms. The van der Waals surface area contributed by atoms with Crippen LogP contribution in [-0.4, -0.2) is 91.3 Å². The maximum Gasteiger partial charge on any atom is 0.319 e. The highest BCUT2D eigenvalue weighted by atomic mass is 32.1. The first kappa shape index (κ1) is 31.6. The lowest BCUT2D eigenvalue weighted by Crippen LogP contribution is -2.48. The average Bonchev–Trinajstić information content (AvgIpc) is 3.76. The lowest BCUT2D eigenvalue weighted by molar-refractivity contribution is -0.127. The Morgan fingerprint density at radius 2 is 2.00 bits per heavy atom. The fraction of sp³-hybridized carbons (Fsp3) is 0.394. The predicted octanol–water partition coefficient (Wildman–Crippen LogP) is 4.95. The summed E-state index contributed by atoms with van der Waals surface area (Å²) in [6, 6.07) is 7.75. The van der Waals surface area contributed by atoms with Crippen molar-refractivity contribution in [3.8, 4) is 23.2 Å². The van der Waals surface area contributed by atoms with Gasteiger partial charge in [0.25, 0.3) is 0 Å². The van der Waals surface area contributed by atoms with Crippen molar-refractivity contribution < 1.29 is 23.0 Å². The molecule has 1 unspecified atom stereocenters. The minimum Gasteiger partial charge on any atom is -0.462 e. The maximum absolute atomic E-state index is 16.8. The maximum atomic E-state index is 16.8. The molecule has 6 rings (SSSR count). The Hall–Kier alpha value is -4.38. The average molecular weight is 648 g/mol. The van der Waals surface area contributed by atoms with Gasteiger partial charge >= 0.3 is 6.01 Å². The van der Waals surface area contributed by atoms with Crippen molar-refractivity contribution in [2.75, 3.05) is 58.1 Å². The van der Waals surface area contributed by atoms with Crippen molar-refractivity contribution in [1.29, 1.82) is 5.26 Å². The van der Waals surface area contributed by atoms with E-state index in [4.69, 9.17) is 20.2 Å². The van der Waals surface area contributed by atoms with E-state index < -0.39 is 11.6 Å². The van der Waals surface area contributed by atoms with Gasteiger partial charge in [-0.2, -0.15) is 15.2 Å². The Balaban J connectivity index is 1.49. The number of carbonyl (C=O) groups is 1. The predicted molar refractivity (Wildman–Crippen MR) is 175 cm³/mol. The van der Waals surface area contributed by atoms with Crippen molar-refractivity contribution >= 4 is 49.1 Å². The van der Waals surface area contributed by atoms with Crippen molar-refractivity contribution in [2.24, 2.45) is 0 Å². The third kappa shape index (κ3) is 5.40. The SMILES string of the molecule is C=CC(=O)N1CC[C@@H](N(C)c2nc(OC[C@@H]3CCCN3C)nc3c(F)c(-c4ccc(F)c5sc(N)c(C#N)c45)ccc23)C1COC. The molecule has 2 aromatic heterocycles. The Bertz CT molecular complexity index is 1880. The van der Waals surface area contributed by atoms with Gasteiger partial charge in [-0.05, 0) is 56.6 Å². The number of thiophene rings is 1. The van der Waals surface area contributed by atoms with E-state index in [0.29, 0.717) is 42.9 Å². The van der Waals surface area contributed by atoms with E-state index in [-0.39, 0.29) is 61.8 Å². The number of anilines is 2. The van der Waals surface area contributed by atoms with Crippen LogP contribution < -0.4 is 15.4 Å². The van der Waals surface area contributed by atoms with Gasteiger partial charge < -0.3 is 29.9 Å². The molecule has 2 N–H and O–H groups in total. The zero-order valence-electron chi connectivity index (χ0n) is 25.9. The molecule has 240 valence electrons. The Labute approximate surface area is 269 Å². The number of nitrogens with zero attached hydrogens (tertiary/aromatic N) is 6. The summed E-state index contributed by atoms with van der Waals surface area (Å²) in [6.45, 7) is 5.73.